The molecule has 2 atom stereocenters. The molecule has 0 spiro atoms. The van der Waals surface area contributed by atoms with Crippen LogP contribution in [0.4, 0.5) is 10.1 Å². The summed E-state index contributed by atoms with van der Waals surface area (Å²) in [6.07, 6.45) is 2.13. The van der Waals surface area contributed by atoms with Crippen molar-refractivity contribution >= 4 is 21.6 Å². The highest BCUT2D eigenvalue weighted by Crippen LogP contribution is 2.37. The first-order chi connectivity index (χ1) is 15.8. The van der Waals surface area contributed by atoms with Crippen molar-refractivity contribution in [3.63, 3.8) is 0 Å². The average Bonchev–Trinajstić information content (AvgIpc) is 2.91. The number of rotatable bonds is 4. The van der Waals surface area contributed by atoms with E-state index in [1.54, 1.807) is 17.9 Å². The second-order valence-corrected chi connectivity index (χ2v) is 11.1. The summed E-state index contributed by atoms with van der Waals surface area (Å²) in [4.78, 5) is 15.4. The van der Waals surface area contributed by atoms with Gasteiger partial charge in [0, 0.05) is 56.9 Å². The Morgan fingerprint density at radius 2 is 1.73 bits per heavy atom. The Bertz CT molecular complexity index is 1090. The lowest BCUT2D eigenvalue weighted by Gasteiger charge is -2.35. The van der Waals surface area contributed by atoms with Crippen molar-refractivity contribution in [2.45, 2.75) is 50.9 Å². The maximum absolute atomic E-state index is 15.2. The fraction of sp³-hybridized carbons (Fsp3) is 0.480. The van der Waals surface area contributed by atoms with Gasteiger partial charge in [0.15, 0.2) is 0 Å². The van der Waals surface area contributed by atoms with Crippen LogP contribution in [0.1, 0.15) is 49.5 Å². The molecule has 2 aliphatic heterocycles. The van der Waals surface area contributed by atoms with E-state index < -0.39 is 21.1 Å². The molecule has 4 rings (SSSR count). The molecule has 0 bridgehead atoms. The van der Waals surface area contributed by atoms with Gasteiger partial charge in [0.25, 0.3) is 0 Å². The van der Waals surface area contributed by atoms with E-state index in [0.717, 1.165) is 24.1 Å². The van der Waals surface area contributed by atoms with Crippen LogP contribution in [0.3, 0.4) is 0 Å². The number of piperazine rings is 1. The van der Waals surface area contributed by atoms with E-state index in [9.17, 15) is 13.2 Å². The summed E-state index contributed by atoms with van der Waals surface area (Å²) in [6, 6.07) is 14.2. The molecule has 2 aliphatic rings. The predicted molar refractivity (Wildman–Crippen MR) is 128 cm³/mol. The molecular formula is C25H32FN3O3S. The third-order valence-electron chi connectivity index (χ3n) is 6.89. The number of carbonyl (C=O) groups excluding carboxylic acids is 1. The smallest absolute Gasteiger partial charge is 0.221 e. The summed E-state index contributed by atoms with van der Waals surface area (Å²) in [5, 5.41) is -0.608. The number of hydrogen-bond acceptors (Lipinski definition) is 4. The average molecular weight is 474 g/mol. The molecule has 0 radical (unpaired) electrons. The van der Waals surface area contributed by atoms with Crippen molar-refractivity contribution in [3.05, 3.63) is 65.5 Å². The zero-order valence-corrected chi connectivity index (χ0v) is 20.1. The van der Waals surface area contributed by atoms with Crippen molar-refractivity contribution < 1.29 is 17.6 Å². The summed E-state index contributed by atoms with van der Waals surface area (Å²) < 4.78 is 43.9. The van der Waals surface area contributed by atoms with Crippen LogP contribution < -0.4 is 4.90 Å². The highest BCUT2D eigenvalue weighted by atomic mass is 32.2. The normalized spacial score (nSPS) is 23.8. The van der Waals surface area contributed by atoms with Crippen LogP contribution in [-0.4, -0.2) is 55.8 Å². The number of benzene rings is 2. The Labute approximate surface area is 196 Å². The number of anilines is 1. The van der Waals surface area contributed by atoms with Crippen LogP contribution in [0.5, 0.6) is 0 Å². The van der Waals surface area contributed by atoms with Crippen LogP contribution in [-0.2, 0) is 21.4 Å². The molecule has 2 saturated heterocycles. The lowest BCUT2D eigenvalue weighted by molar-refractivity contribution is -0.129. The van der Waals surface area contributed by atoms with E-state index in [-0.39, 0.29) is 18.5 Å². The predicted octanol–water partition coefficient (Wildman–Crippen LogP) is 3.94. The van der Waals surface area contributed by atoms with E-state index in [1.165, 1.54) is 10.4 Å². The number of hydrogen-bond donors (Lipinski definition) is 0. The molecular weight excluding hydrogens is 441 g/mol. The van der Waals surface area contributed by atoms with Crippen LogP contribution >= 0.6 is 0 Å². The second kappa shape index (κ2) is 9.81. The molecule has 33 heavy (non-hydrogen) atoms. The Morgan fingerprint density at radius 1 is 1.03 bits per heavy atom. The molecule has 8 heteroatoms. The van der Waals surface area contributed by atoms with E-state index in [4.69, 9.17) is 0 Å². The molecule has 2 heterocycles. The van der Waals surface area contributed by atoms with Crippen LogP contribution in [0.2, 0.25) is 0 Å². The fourth-order valence-corrected chi connectivity index (χ4v) is 7.09. The van der Waals surface area contributed by atoms with Gasteiger partial charge in [-0.05, 0) is 37.5 Å². The highest BCUT2D eigenvalue weighted by Gasteiger charge is 2.38. The number of carbonyl (C=O) groups is 1. The molecule has 178 valence electrons. The number of amides is 1. The molecule has 2 fully saturated rings. The zero-order valence-electron chi connectivity index (χ0n) is 19.3. The lowest BCUT2D eigenvalue weighted by atomic mass is 10.0. The van der Waals surface area contributed by atoms with E-state index in [2.05, 4.69) is 4.90 Å². The first kappa shape index (κ1) is 23.7. The molecule has 1 amide bonds. The van der Waals surface area contributed by atoms with E-state index in [1.807, 2.05) is 43.3 Å². The fourth-order valence-electron chi connectivity index (χ4n) is 4.87. The minimum Gasteiger partial charge on any atom is -0.368 e. The van der Waals surface area contributed by atoms with Crippen molar-refractivity contribution in [1.82, 2.24) is 9.21 Å². The molecule has 0 N–H and O–H groups in total. The van der Waals surface area contributed by atoms with Gasteiger partial charge in [0.2, 0.25) is 15.9 Å². The lowest BCUT2D eigenvalue weighted by Crippen LogP contribution is -2.48. The van der Waals surface area contributed by atoms with Crippen molar-refractivity contribution in [3.8, 4) is 0 Å². The SMILES string of the molecule is CC(=O)N1CCN(c2ccc(CN3[C@H](C)CCCC(c4ccccc4)S3(=O)=O)c(F)c2)CC1. The van der Waals surface area contributed by atoms with Crippen molar-refractivity contribution in [1.29, 1.82) is 0 Å². The first-order valence-electron chi connectivity index (χ1n) is 11.6. The third kappa shape index (κ3) is 5.06. The van der Waals surface area contributed by atoms with Crippen molar-refractivity contribution in [2.24, 2.45) is 0 Å². The molecule has 0 aromatic heterocycles. The topological polar surface area (TPSA) is 60.9 Å². The summed E-state index contributed by atoms with van der Waals surface area (Å²) in [7, 11) is -3.64. The van der Waals surface area contributed by atoms with E-state index in [0.29, 0.717) is 38.2 Å². The largest absolute Gasteiger partial charge is 0.368 e. The van der Waals surface area contributed by atoms with Gasteiger partial charge in [0.1, 0.15) is 11.1 Å². The van der Waals surface area contributed by atoms with E-state index >= 15 is 4.39 Å². The Balaban J connectivity index is 1.54. The second-order valence-electron chi connectivity index (χ2n) is 9.04. The summed E-state index contributed by atoms with van der Waals surface area (Å²) in [5.74, 6) is -0.345. The Morgan fingerprint density at radius 3 is 2.36 bits per heavy atom. The maximum Gasteiger partial charge on any atom is 0.221 e. The summed E-state index contributed by atoms with van der Waals surface area (Å²) in [6.45, 7) is 6.02. The molecule has 0 saturated carbocycles. The third-order valence-corrected chi connectivity index (χ3v) is 9.26. The van der Waals surface area contributed by atoms with Gasteiger partial charge in [-0.2, -0.15) is 4.31 Å². The molecule has 1 unspecified atom stereocenters. The van der Waals surface area contributed by atoms with Gasteiger partial charge in [0.05, 0.1) is 0 Å². The summed E-state index contributed by atoms with van der Waals surface area (Å²) in [5.41, 5.74) is 1.93. The molecule has 2 aromatic carbocycles. The Kier molecular flexibility index (Phi) is 7.05. The number of sulfonamides is 1. The minimum absolute atomic E-state index is 0.0249. The standard InChI is InChI=1S/C25H32FN3O3S/c1-19-7-6-10-25(21-8-4-3-5-9-21)33(31,32)29(19)18-22-11-12-23(17-24(22)26)28-15-13-27(14-16-28)20(2)30/h3-5,8-9,11-12,17,19,25H,6-7,10,13-16,18H2,1-2H3/t19-,25?/m1/s1. The van der Waals surface area contributed by atoms with Gasteiger partial charge < -0.3 is 9.80 Å². The zero-order chi connectivity index (χ0) is 23.6. The van der Waals surface area contributed by atoms with Crippen LogP contribution in [0.15, 0.2) is 48.5 Å². The van der Waals surface area contributed by atoms with Crippen LogP contribution in [0.25, 0.3) is 0 Å². The molecule has 2 aromatic rings. The first-order valence-corrected chi connectivity index (χ1v) is 13.1. The minimum atomic E-state index is -3.64. The van der Waals surface area contributed by atoms with Gasteiger partial charge in [-0.3, -0.25) is 4.79 Å². The van der Waals surface area contributed by atoms with Gasteiger partial charge >= 0.3 is 0 Å². The van der Waals surface area contributed by atoms with Gasteiger partial charge in [-0.1, -0.05) is 42.8 Å². The van der Waals surface area contributed by atoms with Gasteiger partial charge in [-0.15, -0.1) is 0 Å². The van der Waals surface area contributed by atoms with Crippen molar-refractivity contribution in [2.75, 3.05) is 31.1 Å². The monoisotopic (exact) mass is 473 g/mol. The Hall–Kier alpha value is -2.45. The highest BCUT2D eigenvalue weighted by molar-refractivity contribution is 7.89. The maximum atomic E-state index is 15.2. The molecule has 0 aliphatic carbocycles. The molecule has 6 nitrogen and oxygen atoms in total. The number of halogens is 1. The summed E-state index contributed by atoms with van der Waals surface area (Å²) >= 11 is 0. The quantitative estimate of drug-likeness (QED) is 0.675. The number of nitrogens with zero attached hydrogens (tertiary/aromatic N) is 3. The van der Waals surface area contributed by atoms with Gasteiger partial charge in [-0.25, -0.2) is 12.8 Å². The van der Waals surface area contributed by atoms with Crippen LogP contribution in [0, 0.1) is 5.82 Å².